The van der Waals surface area contributed by atoms with Gasteiger partial charge in [-0.25, -0.2) is 0 Å². The highest BCUT2D eigenvalue weighted by atomic mass is 16.5. The number of hydrogen-bond acceptors (Lipinski definition) is 4. The number of ether oxygens (including phenoxy) is 1. The van der Waals surface area contributed by atoms with Gasteiger partial charge in [-0.15, -0.1) is 0 Å². The number of rotatable bonds is 4. The lowest BCUT2D eigenvalue weighted by atomic mass is 10.1. The second-order valence-electron chi connectivity index (χ2n) is 6.23. The molecule has 0 unspecified atom stereocenters. The molecule has 1 aromatic carbocycles. The molecule has 1 fully saturated rings. The Hall–Kier alpha value is -2.89. The first-order chi connectivity index (χ1) is 12.6. The monoisotopic (exact) mass is 353 g/mol. The molecule has 136 valence electrons. The predicted octanol–water partition coefficient (Wildman–Crippen LogP) is 2.39. The second kappa shape index (κ2) is 7.99. The van der Waals surface area contributed by atoms with Crippen molar-refractivity contribution in [1.29, 1.82) is 0 Å². The first-order valence-electron chi connectivity index (χ1n) is 8.82. The molecule has 0 spiro atoms. The van der Waals surface area contributed by atoms with E-state index < -0.39 is 0 Å². The fourth-order valence-electron chi connectivity index (χ4n) is 3.07. The first kappa shape index (κ1) is 17.9. The summed E-state index contributed by atoms with van der Waals surface area (Å²) in [5.41, 5.74) is 2.23. The van der Waals surface area contributed by atoms with Gasteiger partial charge in [-0.2, -0.15) is 0 Å². The van der Waals surface area contributed by atoms with Crippen molar-refractivity contribution in [3.8, 4) is 5.75 Å². The van der Waals surface area contributed by atoms with E-state index in [-0.39, 0.29) is 11.8 Å². The Morgan fingerprint density at radius 3 is 2.08 bits per heavy atom. The van der Waals surface area contributed by atoms with Crippen LogP contribution in [-0.4, -0.2) is 59.4 Å². The SMILES string of the molecule is CCOc1ccc(C(=O)N2CCN(C(=O)c3ccncc3)CC2)cc1C. The van der Waals surface area contributed by atoms with Crippen molar-refractivity contribution < 1.29 is 14.3 Å². The van der Waals surface area contributed by atoms with Crippen LogP contribution in [0.1, 0.15) is 33.2 Å². The molecule has 0 saturated carbocycles. The number of carbonyl (C=O) groups excluding carboxylic acids is 2. The molecule has 2 heterocycles. The van der Waals surface area contributed by atoms with Crippen LogP contribution in [0.25, 0.3) is 0 Å². The fraction of sp³-hybridized carbons (Fsp3) is 0.350. The molecule has 6 nitrogen and oxygen atoms in total. The Kier molecular flexibility index (Phi) is 5.51. The number of aromatic nitrogens is 1. The van der Waals surface area contributed by atoms with E-state index in [1.807, 2.05) is 26.0 Å². The van der Waals surface area contributed by atoms with Crippen LogP contribution in [0.3, 0.4) is 0 Å². The zero-order valence-corrected chi connectivity index (χ0v) is 15.1. The maximum atomic E-state index is 12.7. The van der Waals surface area contributed by atoms with Gasteiger partial charge in [0.25, 0.3) is 11.8 Å². The summed E-state index contributed by atoms with van der Waals surface area (Å²) in [6.07, 6.45) is 3.22. The van der Waals surface area contributed by atoms with Crippen molar-refractivity contribution >= 4 is 11.8 Å². The molecule has 0 N–H and O–H groups in total. The number of benzene rings is 1. The van der Waals surface area contributed by atoms with E-state index in [0.717, 1.165) is 11.3 Å². The van der Waals surface area contributed by atoms with Gasteiger partial charge in [0.15, 0.2) is 0 Å². The van der Waals surface area contributed by atoms with Crippen molar-refractivity contribution in [2.24, 2.45) is 0 Å². The van der Waals surface area contributed by atoms with E-state index in [9.17, 15) is 9.59 Å². The lowest BCUT2D eigenvalue weighted by molar-refractivity contribution is 0.0535. The standard InChI is InChI=1S/C20H23N3O3/c1-3-26-18-5-4-17(14-15(18)2)20(25)23-12-10-22(11-13-23)19(24)16-6-8-21-9-7-16/h4-9,14H,3,10-13H2,1-2H3. The number of hydrogen-bond donors (Lipinski definition) is 0. The third kappa shape index (κ3) is 3.85. The molecular weight excluding hydrogens is 330 g/mol. The highest BCUT2D eigenvalue weighted by molar-refractivity contribution is 5.96. The van der Waals surface area contributed by atoms with Gasteiger partial charge in [0.05, 0.1) is 6.61 Å². The van der Waals surface area contributed by atoms with Gasteiger partial charge in [0, 0.05) is 49.7 Å². The van der Waals surface area contributed by atoms with Gasteiger partial charge in [-0.3, -0.25) is 14.6 Å². The number of carbonyl (C=O) groups is 2. The summed E-state index contributed by atoms with van der Waals surface area (Å²) in [5.74, 6) is 0.778. The molecule has 26 heavy (non-hydrogen) atoms. The smallest absolute Gasteiger partial charge is 0.254 e. The Morgan fingerprint density at radius 2 is 1.54 bits per heavy atom. The average molecular weight is 353 g/mol. The van der Waals surface area contributed by atoms with Crippen molar-refractivity contribution in [3.63, 3.8) is 0 Å². The minimum absolute atomic E-state index is 0.00726. The minimum Gasteiger partial charge on any atom is -0.494 e. The van der Waals surface area contributed by atoms with Crippen LogP contribution in [0.5, 0.6) is 5.75 Å². The van der Waals surface area contributed by atoms with E-state index >= 15 is 0 Å². The molecule has 0 bridgehead atoms. The molecule has 3 rings (SSSR count). The van der Waals surface area contributed by atoms with E-state index in [2.05, 4.69) is 4.98 Å². The molecule has 1 aliphatic heterocycles. The number of piperazine rings is 1. The molecule has 1 aromatic heterocycles. The molecular formula is C20H23N3O3. The van der Waals surface area contributed by atoms with Crippen LogP contribution < -0.4 is 4.74 Å². The largest absolute Gasteiger partial charge is 0.494 e. The first-order valence-corrected chi connectivity index (χ1v) is 8.82. The summed E-state index contributed by atoms with van der Waals surface area (Å²) in [7, 11) is 0. The topological polar surface area (TPSA) is 62.7 Å². The van der Waals surface area contributed by atoms with Gasteiger partial charge in [-0.05, 0) is 49.7 Å². The molecule has 6 heteroatoms. The highest BCUT2D eigenvalue weighted by Crippen LogP contribution is 2.20. The second-order valence-corrected chi connectivity index (χ2v) is 6.23. The molecule has 2 aromatic rings. The Morgan fingerprint density at radius 1 is 0.962 bits per heavy atom. The summed E-state index contributed by atoms with van der Waals surface area (Å²) in [4.78, 5) is 32.7. The summed E-state index contributed by atoms with van der Waals surface area (Å²) in [6.45, 7) is 6.59. The highest BCUT2D eigenvalue weighted by Gasteiger charge is 2.25. The number of pyridine rings is 1. The van der Waals surface area contributed by atoms with E-state index in [4.69, 9.17) is 4.74 Å². The van der Waals surface area contributed by atoms with Gasteiger partial charge in [0.2, 0.25) is 0 Å². The third-order valence-electron chi connectivity index (χ3n) is 4.50. The maximum Gasteiger partial charge on any atom is 0.254 e. The lowest BCUT2D eigenvalue weighted by Crippen LogP contribution is -2.50. The summed E-state index contributed by atoms with van der Waals surface area (Å²) in [6, 6.07) is 8.93. The molecule has 1 aliphatic rings. The zero-order chi connectivity index (χ0) is 18.5. The Balaban J connectivity index is 1.62. The summed E-state index contributed by atoms with van der Waals surface area (Å²) in [5, 5.41) is 0. The quantitative estimate of drug-likeness (QED) is 0.847. The summed E-state index contributed by atoms with van der Waals surface area (Å²) < 4.78 is 5.53. The molecule has 1 saturated heterocycles. The van der Waals surface area contributed by atoms with Crippen molar-refractivity contribution in [2.45, 2.75) is 13.8 Å². The van der Waals surface area contributed by atoms with Crippen LogP contribution in [-0.2, 0) is 0 Å². The number of aryl methyl sites for hydroxylation is 1. The zero-order valence-electron chi connectivity index (χ0n) is 15.1. The van der Waals surface area contributed by atoms with Gasteiger partial charge in [-0.1, -0.05) is 0 Å². The van der Waals surface area contributed by atoms with E-state index in [0.29, 0.717) is 43.9 Å². The van der Waals surface area contributed by atoms with Crippen molar-refractivity contribution in [2.75, 3.05) is 32.8 Å². The average Bonchev–Trinajstić information content (AvgIpc) is 2.69. The van der Waals surface area contributed by atoms with Crippen LogP contribution >= 0.6 is 0 Å². The number of nitrogens with zero attached hydrogens (tertiary/aromatic N) is 3. The fourth-order valence-corrected chi connectivity index (χ4v) is 3.07. The normalized spacial score (nSPS) is 14.2. The van der Waals surface area contributed by atoms with Crippen LogP contribution in [0, 0.1) is 6.92 Å². The van der Waals surface area contributed by atoms with Gasteiger partial charge < -0.3 is 14.5 Å². The third-order valence-corrected chi connectivity index (χ3v) is 4.50. The lowest BCUT2D eigenvalue weighted by Gasteiger charge is -2.35. The molecule has 0 atom stereocenters. The van der Waals surface area contributed by atoms with Crippen LogP contribution in [0.2, 0.25) is 0 Å². The predicted molar refractivity (Wildman–Crippen MR) is 98.4 cm³/mol. The maximum absolute atomic E-state index is 12.7. The van der Waals surface area contributed by atoms with Gasteiger partial charge in [0.1, 0.15) is 5.75 Å². The van der Waals surface area contributed by atoms with Crippen LogP contribution in [0.15, 0.2) is 42.7 Å². The number of amides is 2. The van der Waals surface area contributed by atoms with Crippen molar-refractivity contribution in [3.05, 3.63) is 59.4 Å². The molecule has 0 aliphatic carbocycles. The Bertz CT molecular complexity index is 784. The minimum atomic E-state index is -0.0172. The van der Waals surface area contributed by atoms with E-state index in [1.165, 1.54) is 0 Å². The van der Waals surface area contributed by atoms with Gasteiger partial charge >= 0.3 is 0 Å². The Labute approximate surface area is 153 Å². The van der Waals surface area contributed by atoms with Crippen molar-refractivity contribution in [1.82, 2.24) is 14.8 Å². The summed E-state index contributed by atoms with van der Waals surface area (Å²) >= 11 is 0. The molecule has 0 radical (unpaired) electrons. The molecule has 2 amide bonds. The van der Waals surface area contributed by atoms with E-state index in [1.54, 1.807) is 40.4 Å². The van der Waals surface area contributed by atoms with Crippen LogP contribution in [0.4, 0.5) is 0 Å².